The molecule has 1 aromatic carbocycles. The molecule has 1 aromatic rings. The number of hydrogen-bond donors (Lipinski definition) is 0. The lowest BCUT2D eigenvalue weighted by molar-refractivity contribution is 0.0510. The molecular formula is C12H13IO2. The summed E-state index contributed by atoms with van der Waals surface area (Å²) in [7, 11) is 0. The smallest absolute Gasteiger partial charge is 0.338 e. The Kier molecular flexibility index (Phi) is 3.61. The molecule has 1 heterocycles. The van der Waals surface area contributed by atoms with Crippen LogP contribution in [0.5, 0.6) is 0 Å². The normalized spacial score (nSPS) is 21.9. The van der Waals surface area contributed by atoms with Crippen molar-refractivity contribution in [1.29, 1.82) is 0 Å². The number of alkyl halides is 1. The number of hydrogen-bond acceptors (Lipinski definition) is 2. The van der Waals surface area contributed by atoms with Gasteiger partial charge in [0.2, 0.25) is 0 Å². The molecule has 3 heteroatoms. The molecule has 15 heavy (non-hydrogen) atoms. The van der Waals surface area contributed by atoms with Crippen LogP contribution in [0.4, 0.5) is 0 Å². The third kappa shape index (κ3) is 2.71. The highest BCUT2D eigenvalue weighted by molar-refractivity contribution is 14.1. The maximum absolute atomic E-state index is 11.7. The van der Waals surface area contributed by atoms with E-state index in [1.165, 1.54) is 0 Å². The molecule has 0 fully saturated rings. The molecule has 0 N–H and O–H groups in total. The second-order valence-corrected chi connectivity index (χ2v) is 5.51. The first-order valence-electron chi connectivity index (χ1n) is 5.16. The second kappa shape index (κ2) is 4.96. The third-order valence-electron chi connectivity index (χ3n) is 2.60. The van der Waals surface area contributed by atoms with Crippen LogP contribution in [0.15, 0.2) is 24.3 Å². The van der Waals surface area contributed by atoms with Crippen molar-refractivity contribution in [3.63, 3.8) is 0 Å². The number of esters is 1. The quantitative estimate of drug-likeness (QED) is 0.418. The Balaban J connectivity index is 2.27. The number of ether oxygens (including phenoxy) is 1. The van der Waals surface area contributed by atoms with Gasteiger partial charge < -0.3 is 4.74 Å². The van der Waals surface area contributed by atoms with Gasteiger partial charge in [0.25, 0.3) is 0 Å². The molecule has 0 spiro atoms. The second-order valence-electron chi connectivity index (χ2n) is 3.75. The monoisotopic (exact) mass is 316 g/mol. The highest BCUT2D eigenvalue weighted by Crippen LogP contribution is 2.19. The highest BCUT2D eigenvalue weighted by Gasteiger charge is 2.16. The SMILES string of the molecule is O=C1OCC(I)CCCc2ccccc21. The van der Waals surface area contributed by atoms with E-state index in [1.807, 2.05) is 24.3 Å². The molecule has 0 radical (unpaired) electrons. The van der Waals surface area contributed by atoms with Gasteiger partial charge in [-0.2, -0.15) is 0 Å². The van der Waals surface area contributed by atoms with E-state index in [4.69, 9.17) is 4.74 Å². The van der Waals surface area contributed by atoms with Crippen LogP contribution in [0.3, 0.4) is 0 Å². The summed E-state index contributed by atoms with van der Waals surface area (Å²) in [6, 6.07) is 7.74. The molecule has 1 unspecified atom stereocenters. The van der Waals surface area contributed by atoms with E-state index in [1.54, 1.807) is 0 Å². The van der Waals surface area contributed by atoms with Crippen molar-refractivity contribution in [2.24, 2.45) is 0 Å². The number of cyclic esters (lactones) is 1. The van der Waals surface area contributed by atoms with Gasteiger partial charge in [0, 0.05) is 3.92 Å². The van der Waals surface area contributed by atoms with Crippen molar-refractivity contribution in [2.75, 3.05) is 6.61 Å². The Morgan fingerprint density at radius 3 is 3.00 bits per heavy atom. The van der Waals surface area contributed by atoms with Crippen LogP contribution in [-0.4, -0.2) is 16.5 Å². The van der Waals surface area contributed by atoms with Gasteiger partial charge in [-0.3, -0.25) is 0 Å². The molecule has 1 aliphatic rings. The number of benzene rings is 1. The van der Waals surface area contributed by atoms with Crippen LogP contribution >= 0.6 is 22.6 Å². The first-order valence-corrected chi connectivity index (χ1v) is 6.41. The van der Waals surface area contributed by atoms with Crippen LogP contribution in [0.2, 0.25) is 0 Å². The summed E-state index contributed by atoms with van der Waals surface area (Å²) in [5, 5.41) is 0. The van der Waals surface area contributed by atoms with E-state index in [2.05, 4.69) is 22.6 Å². The average Bonchev–Trinajstić information content (AvgIpc) is 2.32. The minimum Gasteiger partial charge on any atom is -0.461 e. The maximum atomic E-state index is 11.7. The minimum absolute atomic E-state index is 0.172. The van der Waals surface area contributed by atoms with Crippen LogP contribution in [0.1, 0.15) is 28.8 Å². The van der Waals surface area contributed by atoms with E-state index >= 15 is 0 Å². The molecule has 2 nitrogen and oxygen atoms in total. The average molecular weight is 316 g/mol. The summed E-state index contributed by atoms with van der Waals surface area (Å²) >= 11 is 2.35. The van der Waals surface area contributed by atoms with Gasteiger partial charge in [0.1, 0.15) is 6.61 Å². The number of fused-ring (bicyclic) bond motifs is 1. The van der Waals surface area contributed by atoms with E-state index in [0.29, 0.717) is 10.5 Å². The molecule has 1 aliphatic heterocycles. The Labute approximate surface area is 103 Å². The molecule has 0 saturated carbocycles. The number of rotatable bonds is 0. The van der Waals surface area contributed by atoms with Crippen molar-refractivity contribution < 1.29 is 9.53 Å². The number of carbonyl (C=O) groups excluding carboxylic acids is 1. The lowest BCUT2D eigenvalue weighted by atomic mass is 10.0. The van der Waals surface area contributed by atoms with Gasteiger partial charge in [-0.1, -0.05) is 40.8 Å². The summed E-state index contributed by atoms with van der Waals surface area (Å²) in [6.07, 6.45) is 3.22. The van der Waals surface area contributed by atoms with E-state index in [0.717, 1.165) is 30.4 Å². The zero-order valence-corrected chi connectivity index (χ0v) is 10.6. The minimum atomic E-state index is -0.172. The van der Waals surface area contributed by atoms with Gasteiger partial charge in [-0.15, -0.1) is 0 Å². The Morgan fingerprint density at radius 2 is 2.13 bits per heavy atom. The van der Waals surface area contributed by atoms with Gasteiger partial charge >= 0.3 is 5.97 Å². The molecule has 80 valence electrons. The zero-order chi connectivity index (χ0) is 10.7. The van der Waals surface area contributed by atoms with Crippen LogP contribution < -0.4 is 0 Å². The van der Waals surface area contributed by atoms with E-state index < -0.39 is 0 Å². The first-order chi connectivity index (χ1) is 7.27. The van der Waals surface area contributed by atoms with Gasteiger partial charge in [-0.25, -0.2) is 4.79 Å². The predicted octanol–water partition coefficient (Wildman–Crippen LogP) is 2.98. The van der Waals surface area contributed by atoms with Crippen molar-refractivity contribution >= 4 is 28.6 Å². The van der Waals surface area contributed by atoms with Gasteiger partial charge in [0.05, 0.1) is 5.56 Å². The Morgan fingerprint density at radius 1 is 1.33 bits per heavy atom. The lowest BCUT2D eigenvalue weighted by Gasteiger charge is -2.07. The molecule has 0 amide bonds. The molecule has 0 aromatic heterocycles. The van der Waals surface area contributed by atoms with Crippen molar-refractivity contribution in [2.45, 2.75) is 23.2 Å². The van der Waals surface area contributed by atoms with Crippen LogP contribution in [0.25, 0.3) is 0 Å². The van der Waals surface area contributed by atoms with Crippen molar-refractivity contribution in [3.05, 3.63) is 35.4 Å². The lowest BCUT2D eigenvalue weighted by Crippen LogP contribution is -2.13. The standard InChI is InChI=1S/C12H13IO2/c13-10-6-3-5-9-4-1-2-7-11(9)12(14)15-8-10/h1-2,4,7,10H,3,5-6,8H2. The first kappa shape index (κ1) is 10.9. The van der Waals surface area contributed by atoms with Gasteiger partial charge in [0.15, 0.2) is 0 Å². The fourth-order valence-electron chi connectivity index (χ4n) is 1.78. The zero-order valence-electron chi connectivity index (χ0n) is 8.41. The maximum Gasteiger partial charge on any atom is 0.338 e. The summed E-state index contributed by atoms with van der Waals surface area (Å²) in [5.74, 6) is -0.172. The molecule has 1 atom stereocenters. The molecular weight excluding hydrogens is 303 g/mol. The topological polar surface area (TPSA) is 26.3 Å². The number of carbonyl (C=O) groups is 1. The van der Waals surface area contributed by atoms with E-state index in [-0.39, 0.29) is 5.97 Å². The molecule has 0 aliphatic carbocycles. The summed E-state index contributed by atoms with van der Waals surface area (Å²) in [4.78, 5) is 11.7. The van der Waals surface area contributed by atoms with Crippen molar-refractivity contribution in [1.82, 2.24) is 0 Å². The summed E-state index contributed by atoms with van der Waals surface area (Å²) in [5.41, 5.74) is 1.86. The highest BCUT2D eigenvalue weighted by atomic mass is 127. The third-order valence-corrected chi connectivity index (χ3v) is 3.58. The fourth-order valence-corrected chi connectivity index (χ4v) is 2.40. The van der Waals surface area contributed by atoms with Crippen LogP contribution in [0, 0.1) is 0 Å². The Bertz CT molecular complexity index is 362. The van der Waals surface area contributed by atoms with E-state index in [9.17, 15) is 4.79 Å². The van der Waals surface area contributed by atoms with Crippen molar-refractivity contribution in [3.8, 4) is 0 Å². The Hall–Kier alpha value is -0.580. The van der Waals surface area contributed by atoms with Crippen LogP contribution in [-0.2, 0) is 11.2 Å². The largest absolute Gasteiger partial charge is 0.461 e. The molecule has 0 saturated heterocycles. The fraction of sp³-hybridized carbons (Fsp3) is 0.417. The molecule has 0 bridgehead atoms. The van der Waals surface area contributed by atoms with Gasteiger partial charge in [-0.05, 0) is 30.9 Å². The molecule has 2 rings (SSSR count). The number of halogens is 1. The summed E-state index contributed by atoms with van der Waals surface area (Å²) < 4.78 is 5.70. The summed E-state index contributed by atoms with van der Waals surface area (Å²) in [6.45, 7) is 0.535. The number of aryl methyl sites for hydroxylation is 1. The predicted molar refractivity (Wildman–Crippen MR) is 67.5 cm³/mol.